The number of para-hydroxylation sites is 1. The molecule has 1 amide bonds. The summed E-state index contributed by atoms with van der Waals surface area (Å²) in [6.07, 6.45) is 3.38. The van der Waals surface area contributed by atoms with Crippen molar-refractivity contribution >= 4 is 22.8 Å². The SMILES string of the molecule is C=CCC(NC(=O)c1cccc2cc[nH]c12)C(=O)O. The Hall–Kier alpha value is -2.56. The number of carbonyl (C=O) groups excluding carboxylic acids is 1. The van der Waals surface area contributed by atoms with Crippen LogP contribution in [0.5, 0.6) is 0 Å². The van der Waals surface area contributed by atoms with Gasteiger partial charge in [-0.25, -0.2) is 4.79 Å². The normalized spacial score (nSPS) is 12.0. The zero-order chi connectivity index (χ0) is 13.8. The van der Waals surface area contributed by atoms with Gasteiger partial charge in [-0.2, -0.15) is 0 Å². The molecule has 0 aliphatic heterocycles. The number of aliphatic carboxylic acids is 1. The number of nitrogens with one attached hydrogen (secondary N) is 2. The molecule has 2 rings (SSSR count). The molecular weight excluding hydrogens is 244 g/mol. The fourth-order valence-corrected chi connectivity index (χ4v) is 1.90. The molecule has 0 radical (unpaired) electrons. The van der Waals surface area contributed by atoms with Gasteiger partial charge in [-0.3, -0.25) is 4.79 Å². The number of carbonyl (C=O) groups is 2. The van der Waals surface area contributed by atoms with Crippen LogP contribution in [0.15, 0.2) is 43.1 Å². The van der Waals surface area contributed by atoms with Gasteiger partial charge >= 0.3 is 5.97 Å². The van der Waals surface area contributed by atoms with E-state index in [1.165, 1.54) is 6.08 Å². The summed E-state index contributed by atoms with van der Waals surface area (Å²) in [6, 6.07) is 6.18. The summed E-state index contributed by atoms with van der Waals surface area (Å²) in [6.45, 7) is 3.48. The third-order valence-electron chi connectivity index (χ3n) is 2.84. The van der Waals surface area contributed by atoms with Crippen LogP contribution in [0.3, 0.4) is 0 Å². The first-order valence-electron chi connectivity index (χ1n) is 5.84. The lowest BCUT2D eigenvalue weighted by molar-refractivity contribution is -0.139. The lowest BCUT2D eigenvalue weighted by Crippen LogP contribution is -2.40. The van der Waals surface area contributed by atoms with Crippen LogP contribution >= 0.6 is 0 Å². The van der Waals surface area contributed by atoms with Gasteiger partial charge in [-0.15, -0.1) is 6.58 Å². The standard InChI is InChI=1S/C14H14N2O3/c1-2-4-11(14(18)19)16-13(17)10-6-3-5-9-7-8-15-12(9)10/h2-3,5-8,11,15H,1,4H2,(H,16,17)(H,18,19). The molecule has 0 saturated carbocycles. The number of H-pyrrole nitrogens is 1. The average Bonchev–Trinajstić information content (AvgIpc) is 2.85. The zero-order valence-corrected chi connectivity index (χ0v) is 10.2. The lowest BCUT2D eigenvalue weighted by atomic mass is 10.1. The van der Waals surface area contributed by atoms with Crippen LogP contribution in [0.2, 0.25) is 0 Å². The van der Waals surface area contributed by atoms with Crippen LogP contribution < -0.4 is 5.32 Å². The molecule has 0 saturated heterocycles. The van der Waals surface area contributed by atoms with Crippen LogP contribution in [-0.4, -0.2) is 28.0 Å². The average molecular weight is 258 g/mol. The van der Waals surface area contributed by atoms with Crippen molar-refractivity contribution in [3.63, 3.8) is 0 Å². The first-order valence-corrected chi connectivity index (χ1v) is 5.84. The predicted octanol–water partition coefficient (Wildman–Crippen LogP) is 1.93. The van der Waals surface area contributed by atoms with Gasteiger partial charge in [0.05, 0.1) is 11.1 Å². The van der Waals surface area contributed by atoms with Crippen molar-refractivity contribution in [2.75, 3.05) is 0 Å². The number of rotatable bonds is 5. The Morgan fingerprint density at radius 3 is 2.89 bits per heavy atom. The van der Waals surface area contributed by atoms with E-state index in [1.807, 2.05) is 12.1 Å². The maximum absolute atomic E-state index is 12.1. The smallest absolute Gasteiger partial charge is 0.326 e. The van der Waals surface area contributed by atoms with Crippen LogP contribution in [0.4, 0.5) is 0 Å². The van der Waals surface area contributed by atoms with Crippen LogP contribution in [0.1, 0.15) is 16.8 Å². The Balaban J connectivity index is 2.26. The van der Waals surface area contributed by atoms with E-state index in [4.69, 9.17) is 5.11 Å². The lowest BCUT2D eigenvalue weighted by Gasteiger charge is -2.12. The van der Waals surface area contributed by atoms with Gasteiger partial charge in [-0.05, 0) is 18.6 Å². The Morgan fingerprint density at radius 1 is 1.42 bits per heavy atom. The Morgan fingerprint density at radius 2 is 2.21 bits per heavy atom. The molecule has 19 heavy (non-hydrogen) atoms. The fourth-order valence-electron chi connectivity index (χ4n) is 1.90. The molecule has 3 N–H and O–H groups in total. The van der Waals surface area contributed by atoms with Crippen molar-refractivity contribution in [3.05, 3.63) is 48.7 Å². The molecule has 0 aliphatic rings. The summed E-state index contributed by atoms with van der Waals surface area (Å²) < 4.78 is 0. The Kier molecular flexibility index (Phi) is 3.66. The number of benzene rings is 1. The molecule has 1 aromatic heterocycles. The van der Waals surface area contributed by atoms with E-state index in [1.54, 1.807) is 18.3 Å². The number of amides is 1. The third-order valence-corrected chi connectivity index (χ3v) is 2.84. The molecule has 5 heteroatoms. The van der Waals surface area contributed by atoms with Crippen molar-refractivity contribution < 1.29 is 14.7 Å². The van der Waals surface area contributed by atoms with E-state index < -0.39 is 17.9 Å². The number of aromatic amines is 1. The summed E-state index contributed by atoms with van der Waals surface area (Å²) in [5, 5.41) is 12.4. The summed E-state index contributed by atoms with van der Waals surface area (Å²) in [5.41, 5.74) is 1.13. The molecule has 1 unspecified atom stereocenters. The highest BCUT2D eigenvalue weighted by atomic mass is 16.4. The van der Waals surface area contributed by atoms with E-state index in [0.29, 0.717) is 11.1 Å². The van der Waals surface area contributed by atoms with E-state index in [0.717, 1.165) is 5.39 Å². The highest BCUT2D eigenvalue weighted by Crippen LogP contribution is 2.17. The molecule has 1 heterocycles. The van der Waals surface area contributed by atoms with Crippen molar-refractivity contribution in [2.45, 2.75) is 12.5 Å². The number of aromatic nitrogens is 1. The molecule has 5 nitrogen and oxygen atoms in total. The van der Waals surface area contributed by atoms with E-state index in [9.17, 15) is 9.59 Å². The highest BCUT2D eigenvalue weighted by Gasteiger charge is 2.20. The van der Waals surface area contributed by atoms with Crippen molar-refractivity contribution in [2.24, 2.45) is 0 Å². The molecule has 1 aromatic carbocycles. The van der Waals surface area contributed by atoms with Crippen molar-refractivity contribution in [1.82, 2.24) is 10.3 Å². The van der Waals surface area contributed by atoms with Crippen molar-refractivity contribution in [1.29, 1.82) is 0 Å². The Bertz CT molecular complexity index is 630. The minimum absolute atomic E-state index is 0.182. The summed E-state index contributed by atoms with van der Waals surface area (Å²) in [7, 11) is 0. The second kappa shape index (κ2) is 5.39. The summed E-state index contributed by atoms with van der Waals surface area (Å²) >= 11 is 0. The van der Waals surface area contributed by atoms with Crippen LogP contribution in [0, 0.1) is 0 Å². The van der Waals surface area contributed by atoms with Gasteiger partial charge in [0.15, 0.2) is 0 Å². The van der Waals surface area contributed by atoms with Gasteiger partial charge in [0, 0.05) is 11.6 Å². The number of carboxylic acid groups (broad SMARTS) is 1. The topological polar surface area (TPSA) is 82.2 Å². The molecule has 2 aromatic rings. The third kappa shape index (κ3) is 2.65. The number of hydrogen-bond acceptors (Lipinski definition) is 2. The van der Waals surface area contributed by atoms with Gasteiger partial charge in [0.1, 0.15) is 6.04 Å². The zero-order valence-electron chi connectivity index (χ0n) is 10.2. The maximum atomic E-state index is 12.1. The maximum Gasteiger partial charge on any atom is 0.326 e. The largest absolute Gasteiger partial charge is 0.480 e. The summed E-state index contributed by atoms with van der Waals surface area (Å²) in [5.74, 6) is -1.49. The molecular formula is C14H14N2O3. The van der Waals surface area contributed by atoms with Gasteiger partial charge < -0.3 is 15.4 Å². The number of fused-ring (bicyclic) bond motifs is 1. The van der Waals surface area contributed by atoms with E-state index in [2.05, 4.69) is 16.9 Å². The quantitative estimate of drug-likeness (QED) is 0.717. The molecule has 0 spiro atoms. The first kappa shape index (κ1) is 12.9. The minimum Gasteiger partial charge on any atom is -0.480 e. The second-order valence-electron chi connectivity index (χ2n) is 4.14. The molecule has 0 aliphatic carbocycles. The molecule has 1 atom stereocenters. The molecule has 98 valence electrons. The van der Waals surface area contributed by atoms with Crippen LogP contribution in [0.25, 0.3) is 10.9 Å². The molecule has 0 fully saturated rings. The fraction of sp³-hybridized carbons (Fsp3) is 0.143. The number of carboxylic acids is 1. The van der Waals surface area contributed by atoms with Gasteiger partial charge in [-0.1, -0.05) is 18.2 Å². The van der Waals surface area contributed by atoms with Gasteiger partial charge in [0.25, 0.3) is 5.91 Å². The van der Waals surface area contributed by atoms with E-state index in [-0.39, 0.29) is 6.42 Å². The van der Waals surface area contributed by atoms with Crippen LogP contribution in [-0.2, 0) is 4.79 Å². The second-order valence-corrected chi connectivity index (χ2v) is 4.14. The monoisotopic (exact) mass is 258 g/mol. The first-order chi connectivity index (χ1) is 9.13. The highest BCUT2D eigenvalue weighted by molar-refractivity contribution is 6.06. The molecule has 0 bridgehead atoms. The predicted molar refractivity (Wildman–Crippen MR) is 72.0 cm³/mol. The van der Waals surface area contributed by atoms with E-state index >= 15 is 0 Å². The minimum atomic E-state index is -1.08. The van der Waals surface area contributed by atoms with Gasteiger partial charge in [0.2, 0.25) is 0 Å². The Labute approximate surface area is 109 Å². The number of hydrogen-bond donors (Lipinski definition) is 3. The van der Waals surface area contributed by atoms with Crippen molar-refractivity contribution in [3.8, 4) is 0 Å². The summed E-state index contributed by atoms with van der Waals surface area (Å²) in [4.78, 5) is 26.1.